The Balaban J connectivity index is 1.88. The second kappa shape index (κ2) is 12.2. The number of hydrogen-bond acceptors (Lipinski definition) is 7. The van der Waals surface area contributed by atoms with Gasteiger partial charge in [-0.25, -0.2) is 4.79 Å². The predicted molar refractivity (Wildman–Crippen MR) is 120 cm³/mol. The topological polar surface area (TPSA) is 92.3 Å². The lowest BCUT2D eigenvalue weighted by atomic mass is 10.1. The van der Waals surface area contributed by atoms with Crippen LogP contribution >= 0.6 is 0 Å². The minimum Gasteiger partial charge on any atom is -0.497 e. The molecule has 0 fully saturated rings. The summed E-state index contributed by atoms with van der Waals surface area (Å²) in [5.74, 6) is 1.24. The normalized spacial score (nSPS) is 11.5. The summed E-state index contributed by atoms with van der Waals surface area (Å²) < 4.78 is 26.1. The molecule has 0 aromatic heterocycles. The van der Waals surface area contributed by atoms with Crippen LogP contribution in [0.25, 0.3) is 6.08 Å². The molecular formula is C24H29NO7. The van der Waals surface area contributed by atoms with Gasteiger partial charge in [0.05, 0.1) is 28.4 Å². The number of esters is 1. The molecule has 172 valence electrons. The number of nitrogens with one attached hydrogen (secondary N) is 1. The lowest BCUT2D eigenvalue weighted by Gasteiger charge is -2.13. The molecule has 1 amide bonds. The van der Waals surface area contributed by atoms with Crippen molar-refractivity contribution in [1.29, 1.82) is 0 Å². The van der Waals surface area contributed by atoms with Gasteiger partial charge >= 0.3 is 5.97 Å². The fraction of sp³-hybridized carbons (Fsp3) is 0.333. The summed E-state index contributed by atoms with van der Waals surface area (Å²) in [5, 5.41) is 2.76. The van der Waals surface area contributed by atoms with E-state index >= 15 is 0 Å². The van der Waals surface area contributed by atoms with Gasteiger partial charge < -0.3 is 29.0 Å². The third-order valence-corrected chi connectivity index (χ3v) is 4.67. The van der Waals surface area contributed by atoms with Crippen LogP contribution in [-0.4, -0.2) is 53.0 Å². The third-order valence-electron chi connectivity index (χ3n) is 4.67. The average molecular weight is 443 g/mol. The molecule has 0 aliphatic heterocycles. The fourth-order valence-corrected chi connectivity index (χ4v) is 2.87. The van der Waals surface area contributed by atoms with E-state index in [9.17, 15) is 9.59 Å². The second-order valence-corrected chi connectivity index (χ2v) is 6.75. The van der Waals surface area contributed by atoms with Gasteiger partial charge in [0.15, 0.2) is 17.6 Å². The third kappa shape index (κ3) is 6.94. The Kier molecular flexibility index (Phi) is 9.41. The van der Waals surface area contributed by atoms with Crippen molar-refractivity contribution >= 4 is 18.0 Å². The van der Waals surface area contributed by atoms with Crippen molar-refractivity contribution in [3.05, 3.63) is 53.6 Å². The molecule has 8 nitrogen and oxygen atoms in total. The highest BCUT2D eigenvalue weighted by Gasteiger charge is 2.16. The molecule has 2 rings (SSSR count). The van der Waals surface area contributed by atoms with E-state index in [1.165, 1.54) is 40.4 Å². The zero-order valence-corrected chi connectivity index (χ0v) is 19.0. The van der Waals surface area contributed by atoms with E-state index in [-0.39, 0.29) is 5.91 Å². The molecule has 1 unspecified atom stereocenters. The summed E-state index contributed by atoms with van der Waals surface area (Å²) in [5.41, 5.74) is 1.65. The van der Waals surface area contributed by atoms with Gasteiger partial charge in [0, 0.05) is 24.3 Å². The van der Waals surface area contributed by atoms with Crippen molar-refractivity contribution in [2.24, 2.45) is 0 Å². The van der Waals surface area contributed by atoms with Gasteiger partial charge in [0.2, 0.25) is 0 Å². The van der Waals surface area contributed by atoms with Crippen LogP contribution in [0, 0.1) is 0 Å². The Hall–Kier alpha value is -3.68. The number of amides is 1. The van der Waals surface area contributed by atoms with Crippen molar-refractivity contribution in [1.82, 2.24) is 5.32 Å². The van der Waals surface area contributed by atoms with E-state index in [1.54, 1.807) is 19.2 Å². The molecule has 8 heteroatoms. The SMILES string of the molecule is COc1ccc(CCNC(=O)C(C)OC(=O)/C=C/c2cc(OC)c(OC)cc2OC)cc1. The van der Waals surface area contributed by atoms with Gasteiger partial charge in [-0.15, -0.1) is 0 Å². The van der Waals surface area contributed by atoms with Gasteiger partial charge in [-0.05, 0) is 43.2 Å². The summed E-state index contributed by atoms with van der Waals surface area (Å²) in [7, 11) is 6.15. The van der Waals surface area contributed by atoms with Crippen LogP contribution in [0.15, 0.2) is 42.5 Å². The highest BCUT2D eigenvalue weighted by Crippen LogP contribution is 2.35. The van der Waals surface area contributed by atoms with Gasteiger partial charge in [-0.3, -0.25) is 4.79 Å². The van der Waals surface area contributed by atoms with Crippen molar-refractivity contribution in [2.45, 2.75) is 19.4 Å². The lowest BCUT2D eigenvalue weighted by Crippen LogP contribution is -2.36. The number of rotatable bonds is 11. The van der Waals surface area contributed by atoms with E-state index in [0.717, 1.165) is 11.3 Å². The number of benzene rings is 2. The highest BCUT2D eigenvalue weighted by atomic mass is 16.5. The number of carbonyl (C=O) groups excluding carboxylic acids is 2. The average Bonchev–Trinajstić information content (AvgIpc) is 2.82. The van der Waals surface area contributed by atoms with Crippen LogP contribution in [0.4, 0.5) is 0 Å². The molecule has 1 N–H and O–H groups in total. The molecule has 1 atom stereocenters. The predicted octanol–water partition coefficient (Wildman–Crippen LogP) is 3.02. The maximum atomic E-state index is 12.2. The summed E-state index contributed by atoms with van der Waals surface area (Å²) in [6, 6.07) is 10.9. The van der Waals surface area contributed by atoms with E-state index in [2.05, 4.69) is 5.32 Å². The zero-order valence-electron chi connectivity index (χ0n) is 19.0. The Morgan fingerprint density at radius 3 is 2.12 bits per heavy atom. The molecule has 0 aliphatic rings. The van der Waals surface area contributed by atoms with E-state index in [0.29, 0.717) is 35.8 Å². The minimum atomic E-state index is -0.935. The van der Waals surface area contributed by atoms with E-state index in [4.69, 9.17) is 23.7 Å². The Morgan fingerprint density at radius 1 is 0.906 bits per heavy atom. The molecule has 32 heavy (non-hydrogen) atoms. The van der Waals surface area contributed by atoms with Gasteiger partial charge in [0.25, 0.3) is 5.91 Å². The Bertz CT molecular complexity index is 938. The van der Waals surface area contributed by atoms with Crippen LogP contribution in [0.1, 0.15) is 18.1 Å². The molecule has 0 spiro atoms. The van der Waals surface area contributed by atoms with Crippen molar-refractivity contribution < 1.29 is 33.3 Å². The quantitative estimate of drug-likeness (QED) is 0.422. The molecule has 0 radical (unpaired) electrons. The summed E-state index contributed by atoms with van der Waals surface area (Å²) in [6.45, 7) is 1.94. The summed E-state index contributed by atoms with van der Waals surface area (Å²) >= 11 is 0. The largest absolute Gasteiger partial charge is 0.497 e. The van der Waals surface area contributed by atoms with Gasteiger partial charge in [-0.2, -0.15) is 0 Å². The van der Waals surface area contributed by atoms with Crippen molar-refractivity contribution in [2.75, 3.05) is 35.0 Å². The molecule has 2 aromatic rings. The first-order chi connectivity index (χ1) is 15.4. The first-order valence-electron chi connectivity index (χ1n) is 10.0. The maximum absolute atomic E-state index is 12.2. The molecule has 0 bridgehead atoms. The molecule has 0 aliphatic carbocycles. The van der Waals surface area contributed by atoms with Gasteiger partial charge in [0.1, 0.15) is 11.5 Å². The first-order valence-corrected chi connectivity index (χ1v) is 10.0. The van der Waals surface area contributed by atoms with Crippen LogP contribution in [0.5, 0.6) is 23.0 Å². The molecule has 0 saturated carbocycles. The molecule has 0 saturated heterocycles. The van der Waals surface area contributed by atoms with Crippen LogP contribution in [0.3, 0.4) is 0 Å². The Morgan fingerprint density at radius 2 is 1.53 bits per heavy atom. The smallest absolute Gasteiger partial charge is 0.331 e. The monoisotopic (exact) mass is 443 g/mol. The van der Waals surface area contributed by atoms with Crippen molar-refractivity contribution in [3.8, 4) is 23.0 Å². The van der Waals surface area contributed by atoms with Crippen LogP contribution in [-0.2, 0) is 20.7 Å². The van der Waals surface area contributed by atoms with Crippen molar-refractivity contribution in [3.63, 3.8) is 0 Å². The highest BCUT2D eigenvalue weighted by molar-refractivity contribution is 5.90. The first kappa shape index (κ1) is 24.6. The van der Waals surface area contributed by atoms with Crippen LogP contribution < -0.4 is 24.3 Å². The number of hydrogen-bond donors (Lipinski definition) is 1. The van der Waals surface area contributed by atoms with Crippen LogP contribution in [0.2, 0.25) is 0 Å². The fourth-order valence-electron chi connectivity index (χ4n) is 2.87. The second-order valence-electron chi connectivity index (χ2n) is 6.75. The summed E-state index contributed by atoms with van der Waals surface area (Å²) in [4.78, 5) is 24.4. The number of carbonyl (C=O) groups is 2. The van der Waals surface area contributed by atoms with Gasteiger partial charge in [-0.1, -0.05) is 12.1 Å². The molecular weight excluding hydrogens is 414 g/mol. The maximum Gasteiger partial charge on any atom is 0.331 e. The number of methoxy groups -OCH3 is 4. The van der Waals surface area contributed by atoms with E-state index in [1.807, 2.05) is 24.3 Å². The minimum absolute atomic E-state index is 0.371. The molecule has 0 heterocycles. The number of ether oxygens (including phenoxy) is 5. The zero-order chi connectivity index (χ0) is 23.5. The summed E-state index contributed by atoms with van der Waals surface area (Å²) in [6.07, 6.45) is 2.47. The lowest BCUT2D eigenvalue weighted by molar-refractivity contribution is -0.150. The molecule has 2 aromatic carbocycles. The standard InChI is InChI=1S/C24H29NO7/c1-16(24(27)25-13-12-17-6-9-19(28-2)10-7-17)32-23(26)11-8-18-14-21(30-4)22(31-5)15-20(18)29-3/h6-11,14-16H,12-13H2,1-5H3,(H,25,27)/b11-8+. The van der Waals surface area contributed by atoms with E-state index < -0.39 is 12.1 Å². The Labute approximate surface area is 188 Å².